The molecule has 106 valence electrons. The molecule has 0 saturated heterocycles. The first-order chi connectivity index (χ1) is 10.1. The second kappa shape index (κ2) is 4.94. The summed E-state index contributed by atoms with van der Waals surface area (Å²) in [5, 5.41) is 18.4. The maximum absolute atomic E-state index is 13.4. The molecule has 0 spiro atoms. The summed E-state index contributed by atoms with van der Waals surface area (Å²) in [6.45, 7) is 0. The van der Waals surface area contributed by atoms with Gasteiger partial charge in [0.2, 0.25) is 0 Å². The van der Waals surface area contributed by atoms with Gasteiger partial charge in [-0.1, -0.05) is 12.1 Å². The van der Waals surface area contributed by atoms with Gasteiger partial charge in [-0.2, -0.15) is 0 Å². The van der Waals surface area contributed by atoms with Crippen molar-refractivity contribution in [2.75, 3.05) is 0 Å². The SMILES string of the molecule is Oc1ccc(-c2cocc2-c2ccc(O)c(F)c2)cc1F. The standard InChI is InChI=1S/C16H10F2O3/c17-13-5-9(1-3-15(13)19)11-7-21-8-12(11)10-2-4-16(20)14(18)6-10/h1-8,19-20H. The second-order valence-electron chi connectivity index (χ2n) is 4.53. The number of benzene rings is 2. The van der Waals surface area contributed by atoms with E-state index in [9.17, 15) is 19.0 Å². The fourth-order valence-corrected chi connectivity index (χ4v) is 2.09. The van der Waals surface area contributed by atoms with Gasteiger partial charge < -0.3 is 14.6 Å². The van der Waals surface area contributed by atoms with Crippen molar-refractivity contribution in [2.45, 2.75) is 0 Å². The van der Waals surface area contributed by atoms with Gasteiger partial charge in [-0.15, -0.1) is 0 Å². The molecule has 0 bridgehead atoms. The van der Waals surface area contributed by atoms with Crippen LogP contribution in [0.4, 0.5) is 8.78 Å². The third-order valence-electron chi connectivity index (χ3n) is 3.18. The Morgan fingerprint density at radius 3 is 1.52 bits per heavy atom. The van der Waals surface area contributed by atoms with E-state index < -0.39 is 23.1 Å². The van der Waals surface area contributed by atoms with E-state index in [1.54, 1.807) is 0 Å². The van der Waals surface area contributed by atoms with Crippen LogP contribution in [0.5, 0.6) is 11.5 Å². The van der Waals surface area contributed by atoms with Crippen molar-refractivity contribution in [3.8, 4) is 33.8 Å². The molecule has 0 saturated carbocycles. The van der Waals surface area contributed by atoms with E-state index in [1.165, 1.54) is 48.9 Å². The summed E-state index contributed by atoms with van der Waals surface area (Å²) in [4.78, 5) is 0. The maximum Gasteiger partial charge on any atom is 0.165 e. The van der Waals surface area contributed by atoms with Crippen LogP contribution < -0.4 is 0 Å². The number of phenolic OH excluding ortho intramolecular Hbond substituents is 2. The molecule has 0 aliphatic heterocycles. The zero-order valence-corrected chi connectivity index (χ0v) is 10.7. The van der Waals surface area contributed by atoms with Gasteiger partial charge in [-0.25, -0.2) is 8.78 Å². The monoisotopic (exact) mass is 288 g/mol. The second-order valence-corrected chi connectivity index (χ2v) is 4.53. The molecule has 0 amide bonds. The Balaban J connectivity index is 2.12. The fraction of sp³-hybridized carbons (Fsp3) is 0. The van der Waals surface area contributed by atoms with Gasteiger partial charge in [-0.05, 0) is 35.4 Å². The molecule has 0 aliphatic rings. The number of furan rings is 1. The van der Waals surface area contributed by atoms with E-state index >= 15 is 0 Å². The molecule has 5 heteroatoms. The average molecular weight is 288 g/mol. The summed E-state index contributed by atoms with van der Waals surface area (Å²) >= 11 is 0. The lowest BCUT2D eigenvalue weighted by Gasteiger charge is -2.05. The number of phenols is 2. The van der Waals surface area contributed by atoms with E-state index in [4.69, 9.17) is 4.42 Å². The quantitative estimate of drug-likeness (QED) is 0.739. The summed E-state index contributed by atoms with van der Waals surface area (Å²) in [7, 11) is 0. The first-order valence-electron chi connectivity index (χ1n) is 6.10. The van der Waals surface area contributed by atoms with Crippen molar-refractivity contribution in [3.05, 3.63) is 60.6 Å². The van der Waals surface area contributed by atoms with Crippen molar-refractivity contribution in [2.24, 2.45) is 0 Å². The molecule has 3 rings (SSSR count). The third-order valence-corrected chi connectivity index (χ3v) is 3.18. The van der Waals surface area contributed by atoms with E-state index in [0.717, 1.165) is 0 Å². The van der Waals surface area contributed by atoms with Gasteiger partial charge in [0.15, 0.2) is 23.1 Å². The van der Waals surface area contributed by atoms with Crippen molar-refractivity contribution < 1.29 is 23.4 Å². The van der Waals surface area contributed by atoms with Crippen molar-refractivity contribution >= 4 is 0 Å². The van der Waals surface area contributed by atoms with Crippen LogP contribution in [0.1, 0.15) is 0 Å². The topological polar surface area (TPSA) is 53.6 Å². The molecular formula is C16H10F2O3. The van der Waals surface area contributed by atoms with Gasteiger partial charge in [0, 0.05) is 11.1 Å². The lowest BCUT2D eigenvalue weighted by Crippen LogP contribution is -1.84. The summed E-state index contributed by atoms with van der Waals surface area (Å²) in [5.41, 5.74) is 2.09. The maximum atomic E-state index is 13.4. The van der Waals surface area contributed by atoms with Crippen molar-refractivity contribution in [3.63, 3.8) is 0 Å². The van der Waals surface area contributed by atoms with Gasteiger partial charge in [0.1, 0.15) is 0 Å². The van der Waals surface area contributed by atoms with Crippen LogP contribution in [0.2, 0.25) is 0 Å². The zero-order chi connectivity index (χ0) is 15.0. The van der Waals surface area contributed by atoms with E-state index in [2.05, 4.69) is 0 Å². The highest BCUT2D eigenvalue weighted by molar-refractivity contribution is 5.82. The van der Waals surface area contributed by atoms with Crippen LogP contribution in [-0.4, -0.2) is 10.2 Å². The third kappa shape index (κ3) is 2.33. The first kappa shape index (κ1) is 13.2. The predicted octanol–water partition coefficient (Wildman–Crippen LogP) is 4.30. The number of aromatic hydroxyl groups is 2. The Morgan fingerprint density at radius 1 is 0.714 bits per heavy atom. The van der Waals surface area contributed by atoms with E-state index in [-0.39, 0.29) is 0 Å². The van der Waals surface area contributed by atoms with Crippen LogP contribution in [0.15, 0.2) is 53.3 Å². The summed E-state index contributed by atoms with van der Waals surface area (Å²) < 4.78 is 32.0. The normalized spacial score (nSPS) is 10.8. The molecule has 21 heavy (non-hydrogen) atoms. The molecule has 3 nitrogen and oxygen atoms in total. The fourth-order valence-electron chi connectivity index (χ4n) is 2.09. The molecule has 3 aromatic rings. The Hall–Kier alpha value is -2.82. The molecule has 0 unspecified atom stereocenters. The molecular weight excluding hydrogens is 278 g/mol. The lowest BCUT2D eigenvalue weighted by atomic mass is 9.99. The highest BCUT2D eigenvalue weighted by Crippen LogP contribution is 2.35. The van der Waals surface area contributed by atoms with E-state index in [0.29, 0.717) is 22.3 Å². The Bertz CT molecular complexity index is 743. The molecule has 0 radical (unpaired) electrons. The van der Waals surface area contributed by atoms with Crippen molar-refractivity contribution in [1.82, 2.24) is 0 Å². The number of halogens is 2. The highest BCUT2D eigenvalue weighted by Gasteiger charge is 2.13. The van der Waals surface area contributed by atoms with Crippen LogP contribution in [0.25, 0.3) is 22.3 Å². The largest absolute Gasteiger partial charge is 0.505 e. The number of hydrogen-bond donors (Lipinski definition) is 2. The molecule has 2 aromatic carbocycles. The minimum absolute atomic E-state index is 0.445. The average Bonchev–Trinajstić information content (AvgIpc) is 2.94. The van der Waals surface area contributed by atoms with Crippen molar-refractivity contribution in [1.29, 1.82) is 0 Å². The zero-order valence-electron chi connectivity index (χ0n) is 10.7. The summed E-state index contributed by atoms with van der Waals surface area (Å²) in [6, 6.07) is 7.87. The van der Waals surface area contributed by atoms with Gasteiger partial charge in [0.05, 0.1) is 12.5 Å². The van der Waals surface area contributed by atoms with Gasteiger partial charge in [0.25, 0.3) is 0 Å². The molecule has 0 atom stereocenters. The lowest BCUT2D eigenvalue weighted by molar-refractivity contribution is 0.432. The number of rotatable bonds is 2. The van der Waals surface area contributed by atoms with Crippen LogP contribution in [-0.2, 0) is 0 Å². The summed E-state index contributed by atoms with van der Waals surface area (Å²) in [5.74, 6) is -2.40. The molecule has 0 aliphatic carbocycles. The first-order valence-corrected chi connectivity index (χ1v) is 6.10. The minimum Gasteiger partial charge on any atom is -0.505 e. The van der Waals surface area contributed by atoms with Gasteiger partial charge in [-0.3, -0.25) is 0 Å². The highest BCUT2D eigenvalue weighted by atomic mass is 19.1. The smallest absolute Gasteiger partial charge is 0.165 e. The Labute approximate surface area is 118 Å². The predicted molar refractivity (Wildman–Crippen MR) is 72.8 cm³/mol. The Morgan fingerprint density at radius 2 is 1.14 bits per heavy atom. The number of hydrogen-bond acceptors (Lipinski definition) is 3. The van der Waals surface area contributed by atoms with E-state index in [1.807, 2.05) is 0 Å². The van der Waals surface area contributed by atoms with Crippen LogP contribution >= 0.6 is 0 Å². The van der Waals surface area contributed by atoms with Crippen LogP contribution in [0, 0.1) is 11.6 Å². The Kier molecular flexibility index (Phi) is 3.10. The molecule has 0 fully saturated rings. The molecule has 2 N–H and O–H groups in total. The van der Waals surface area contributed by atoms with Gasteiger partial charge >= 0.3 is 0 Å². The minimum atomic E-state index is -0.753. The van der Waals surface area contributed by atoms with Crippen LogP contribution in [0.3, 0.4) is 0 Å². The summed E-state index contributed by atoms with van der Waals surface area (Å²) in [6.07, 6.45) is 2.82. The molecule has 1 heterocycles. The molecule has 1 aromatic heterocycles.